The van der Waals surface area contributed by atoms with Crippen LogP contribution in [0.5, 0.6) is 11.5 Å². The molecule has 0 saturated carbocycles. The van der Waals surface area contributed by atoms with Crippen molar-refractivity contribution in [2.75, 3.05) is 0 Å². The number of ether oxygens (including phenoxy) is 1. The Bertz CT molecular complexity index is 1300. The summed E-state index contributed by atoms with van der Waals surface area (Å²) in [6.07, 6.45) is -2.49. The molecule has 0 aromatic heterocycles. The van der Waals surface area contributed by atoms with Gasteiger partial charge >= 0.3 is 5.51 Å². The normalized spacial score (nSPS) is 19.4. The minimum Gasteiger partial charge on any atom is -0.457 e. The predicted octanol–water partition coefficient (Wildman–Crippen LogP) is 4.77. The lowest BCUT2D eigenvalue weighted by Crippen LogP contribution is -2.38. The van der Waals surface area contributed by atoms with Gasteiger partial charge in [-0.05, 0) is 50.6 Å². The van der Waals surface area contributed by atoms with Crippen molar-refractivity contribution < 1.29 is 39.3 Å². The molecule has 6 nitrogen and oxygen atoms in total. The van der Waals surface area contributed by atoms with Crippen molar-refractivity contribution in [1.29, 1.82) is 5.26 Å². The summed E-state index contributed by atoms with van der Waals surface area (Å²) in [5.74, 6) is -1.25. The highest BCUT2D eigenvalue weighted by molar-refractivity contribution is 7.92. The van der Waals surface area contributed by atoms with Crippen LogP contribution >= 0.6 is 0 Å². The zero-order valence-corrected chi connectivity index (χ0v) is 19.7. The molecule has 3 rings (SSSR count). The van der Waals surface area contributed by atoms with E-state index in [1.54, 1.807) is 26.8 Å². The second-order valence-electron chi connectivity index (χ2n) is 8.49. The highest BCUT2D eigenvalue weighted by Crippen LogP contribution is 2.46. The number of nitriles is 1. The third kappa shape index (κ3) is 4.94. The fraction of sp³-hybridized carbons (Fsp3) is 0.381. The van der Waals surface area contributed by atoms with E-state index in [1.165, 1.54) is 0 Å². The van der Waals surface area contributed by atoms with Crippen molar-refractivity contribution in [1.82, 2.24) is 4.72 Å². The van der Waals surface area contributed by atoms with E-state index in [1.807, 2.05) is 0 Å². The van der Waals surface area contributed by atoms with Crippen LogP contribution in [0.25, 0.3) is 0 Å². The van der Waals surface area contributed by atoms with Crippen molar-refractivity contribution in [2.24, 2.45) is 0 Å². The van der Waals surface area contributed by atoms with Gasteiger partial charge in [0.25, 0.3) is 9.84 Å². The van der Waals surface area contributed by atoms with E-state index < -0.39 is 66.0 Å². The lowest BCUT2D eigenvalue weighted by molar-refractivity contribution is -0.0436. The largest absolute Gasteiger partial charge is 0.501 e. The Hall–Kier alpha value is -2.56. The maximum absolute atomic E-state index is 15.1. The first-order chi connectivity index (χ1) is 15.6. The first kappa shape index (κ1) is 26.1. The van der Waals surface area contributed by atoms with E-state index in [2.05, 4.69) is 4.72 Å². The summed E-state index contributed by atoms with van der Waals surface area (Å²) in [6, 6.07) is 4.58. The van der Waals surface area contributed by atoms with Crippen LogP contribution in [0.3, 0.4) is 0 Å². The zero-order chi connectivity index (χ0) is 25.6. The van der Waals surface area contributed by atoms with Crippen LogP contribution in [0.1, 0.15) is 43.5 Å². The molecule has 3 unspecified atom stereocenters. The van der Waals surface area contributed by atoms with E-state index in [0.717, 1.165) is 24.3 Å². The number of rotatable bonds is 5. The van der Waals surface area contributed by atoms with Gasteiger partial charge in [-0.2, -0.15) is 18.4 Å². The van der Waals surface area contributed by atoms with Gasteiger partial charge in [0.15, 0.2) is 0 Å². The lowest BCUT2D eigenvalue weighted by atomic mass is 10.1. The second-order valence-corrected chi connectivity index (χ2v) is 12.4. The summed E-state index contributed by atoms with van der Waals surface area (Å²) >= 11 is 0. The monoisotopic (exact) mass is 522 g/mol. The summed E-state index contributed by atoms with van der Waals surface area (Å²) < 4.78 is 113. The van der Waals surface area contributed by atoms with E-state index in [-0.39, 0.29) is 22.6 Å². The predicted molar refractivity (Wildman–Crippen MR) is 113 cm³/mol. The number of fused-ring (bicyclic) bond motifs is 1. The molecule has 0 aliphatic heterocycles. The molecule has 0 bridgehead atoms. The van der Waals surface area contributed by atoms with Crippen molar-refractivity contribution in [3.63, 3.8) is 0 Å². The Morgan fingerprint density at radius 3 is 2.38 bits per heavy atom. The Balaban J connectivity index is 2.20. The van der Waals surface area contributed by atoms with Gasteiger partial charge in [0, 0.05) is 18.1 Å². The lowest BCUT2D eigenvalue weighted by Gasteiger charge is -2.25. The molecular weight excluding hydrogens is 503 g/mol. The third-order valence-electron chi connectivity index (χ3n) is 4.96. The molecule has 0 spiro atoms. The maximum atomic E-state index is 15.1. The number of sulfone groups is 1. The summed E-state index contributed by atoms with van der Waals surface area (Å²) in [5.41, 5.74) is -6.54. The maximum Gasteiger partial charge on any atom is 0.501 e. The molecular formula is C21H19F5N2O4S2. The van der Waals surface area contributed by atoms with E-state index >= 15 is 4.39 Å². The molecule has 3 atom stereocenters. The number of alkyl halides is 4. The molecule has 1 aliphatic rings. The number of benzene rings is 2. The summed E-state index contributed by atoms with van der Waals surface area (Å²) in [4.78, 5) is -1.19. The fourth-order valence-corrected chi connectivity index (χ4v) is 5.25. The average Bonchev–Trinajstić information content (AvgIpc) is 3.02. The highest BCUT2D eigenvalue weighted by atomic mass is 32.2. The van der Waals surface area contributed by atoms with Gasteiger partial charge in [-0.3, -0.25) is 0 Å². The Morgan fingerprint density at radius 2 is 1.82 bits per heavy atom. The van der Waals surface area contributed by atoms with E-state index in [4.69, 9.17) is 10.00 Å². The minimum absolute atomic E-state index is 0.105. The standard InChI is InChI=1S/C21H19F5N2O4S2/c1-20(2,3)33(29)28-19-15(23)9-14-16(32-13-7-11(10-27)6-12(22)8-13)4-5-17(18(14)19)34(30,31)21(24,25)26/h4-8,15,19,28H,9H2,1-3H3. The molecule has 184 valence electrons. The SMILES string of the molecule is CC(C)(C)S(=O)NC1c2c(S(=O)(=O)C(F)(F)F)ccc(Oc3cc(F)cc(C#N)c3)c2CC1F. The summed E-state index contributed by atoms with van der Waals surface area (Å²) in [7, 11) is -7.86. The second kappa shape index (κ2) is 8.90. The molecule has 2 aromatic rings. The van der Waals surface area contributed by atoms with Gasteiger partial charge in [0.2, 0.25) is 0 Å². The van der Waals surface area contributed by atoms with Gasteiger partial charge in [-0.25, -0.2) is 26.1 Å². The van der Waals surface area contributed by atoms with Crippen LogP contribution in [-0.4, -0.2) is 29.1 Å². The van der Waals surface area contributed by atoms with Crippen molar-refractivity contribution in [2.45, 2.75) is 54.6 Å². The molecule has 0 heterocycles. The molecule has 0 amide bonds. The minimum atomic E-state index is -5.90. The number of hydrogen-bond acceptors (Lipinski definition) is 5. The zero-order valence-electron chi connectivity index (χ0n) is 18.0. The molecule has 1 N–H and O–H groups in total. The molecule has 0 fully saturated rings. The Kier molecular flexibility index (Phi) is 6.82. The van der Waals surface area contributed by atoms with Gasteiger partial charge in [0.05, 0.1) is 38.3 Å². The third-order valence-corrected chi connectivity index (χ3v) is 8.08. The van der Waals surface area contributed by atoms with Crippen LogP contribution in [0.2, 0.25) is 0 Å². The highest BCUT2D eigenvalue weighted by Gasteiger charge is 2.51. The quantitative estimate of drug-likeness (QED) is 0.571. The molecule has 0 radical (unpaired) electrons. The number of nitrogens with zero attached hydrogens (tertiary/aromatic N) is 1. The van der Waals surface area contributed by atoms with Crippen LogP contribution in [-0.2, 0) is 27.2 Å². The smallest absolute Gasteiger partial charge is 0.457 e. The van der Waals surface area contributed by atoms with Crippen LogP contribution < -0.4 is 9.46 Å². The molecule has 2 aromatic carbocycles. The number of nitrogens with one attached hydrogen (secondary N) is 1. The summed E-state index contributed by atoms with van der Waals surface area (Å²) in [6.45, 7) is 4.63. The first-order valence-corrected chi connectivity index (χ1v) is 12.4. The average molecular weight is 523 g/mol. The van der Waals surface area contributed by atoms with Gasteiger partial charge < -0.3 is 4.74 Å². The number of halogens is 5. The van der Waals surface area contributed by atoms with E-state index in [9.17, 15) is 30.2 Å². The van der Waals surface area contributed by atoms with Gasteiger partial charge in [0.1, 0.15) is 23.5 Å². The summed E-state index contributed by atoms with van der Waals surface area (Å²) in [5, 5.41) is 9.00. The molecule has 1 aliphatic carbocycles. The molecule has 0 saturated heterocycles. The van der Waals surface area contributed by atoms with Crippen LogP contribution in [0.4, 0.5) is 22.0 Å². The first-order valence-electron chi connectivity index (χ1n) is 9.74. The molecule has 13 heteroatoms. The van der Waals surface area contributed by atoms with Crippen molar-refractivity contribution in [3.05, 3.63) is 52.8 Å². The topological polar surface area (TPSA) is 96.3 Å². The Labute approximate surface area is 195 Å². The molecule has 34 heavy (non-hydrogen) atoms. The van der Waals surface area contributed by atoms with Crippen molar-refractivity contribution >= 4 is 20.8 Å². The van der Waals surface area contributed by atoms with Gasteiger partial charge in [-0.15, -0.1) is 0 Å². The van der Waals surface area contributed by atoms with Crippen LogP contribution in [0.15, 0.2) is 35.2 Å². The van der Waals surface area contributed by atoms with Crippen molar-refractivity contribution in [3.8, 4) is 17.6 Å². The van der Waals surface area contributed by atoms with E-state index in [0.29, 0.717) is 6.07 Å². The fourth-order valence-electron chi connectivity index (χ4n) is 3.36. The van der Waals surface area contributed by atoms with Gasteiger partial charge in [-0.1, -0.05) is 0 Å². The van der Waals surface area contributed by atoms with Crippen LogP contribution in [0, 0.1) is 17.1 Å². The number of hydrogen-bond donors (Lipinski definition) is 1. The Morgan fingerprint density at radius 1 is 1.18 bits per heavy atom.